The van der Waals surface area contributed by atoms with Gasteiger partial charge in [-0.15, -0.1) is 0 Å². The fraction of sp³-hybridized carbons (Fsp3) is 1.00. The van der Waals surface area contributed by atoms with Crippen molar-refractivity contribution in [1.29, 1.82) is 0 Å². The fourth-order valence-corrected chi connectivity index (χ4v) is 3.75. The molecular formula is C9H22O6Si. The third-order valence-corrected chi connectivity index (χ3v) is 4.84. The van der Waals surface area contributed by atoms with Gasteiger partial charge in [-0.25, -0.2) is 0 Å². The van der Waals surface area contributed by atoms with Crippen LogP contribution >= 0.6 is 0 Å². The molecule has 0 bridgehead atoms. The molecule has 3 N–H and O–H groups in total. The van der Waals surface area contributed by atoms with E-state index in [1.165, 1.54) is 0 Å². The largest absolute Gasteiger partial charge is 0.501 e. The zero-order valence-electron chi connectivity index (χ0n) is 9.72. The molecule has 6 nitrogen and oxygen atoms in total. The van der Waals surface area contributed by atoms with Crippen LogP contribution in [0.3, 0.4) is 0 Å². The van der Waals surface area contributed by atoms with E-state index in [1.54, 1.807) is 0 Å². The summed E-state index contributed by atoms with van der Waals surface area (Å²) in [6, 6.07) is 0.604. The molecule has 0 aliphatic heterocycles. The lowest BCUT2D eigenvalue weighted by Crippen LogP contribution is -2.47. The molecule has 0 aliphatic carbocycles. The second kappa shape index (κ2) is 10.2. The summed E-state index contributed by atoms with van der Waals surface area (Å²) >= 11 is 0. The predicted molar refractivity (Wildman–Crippen MR) is 60.0 cm³/mol. The van der Waals surface area contributed by atoms with Gasteiger partial charge in [-0.3, -0.25) is 0 Å². The van der Waals surface area contributed by atoms with Crippen LogP contribution in [0.15, 0.2) is 0 Å². The van der Waals surface area contributed by atoms with Gasteiger partial charge in [0, 0.05) is 6.04 Å². The predicted octanol–water partition coefficient (Wildman–Crippen LogP) is -0.638. The maximum atomic E-state index is 8.74. The maximum absolute atomic E-state index is 8.74. The van der Waals surface area contributed by atoms with Crippen molar-refractivity contribution < 1.29 is 28.6 Å². The SMILES string of the molecule is CCC[Si](OCCO)(OCCO)OCCO. The second-order valence-corrected chi connectivity index (χ2v) is 5.88. The summed E-state index contributed by atoms with van der Waals surface area (Å²) in [5, 5.41) is 26.2. The van der Waals surface area contributed by atoms with Crippen molar-refractivity contribution in [3.05, 3.63) is 0 Å². The first-order valence-corrected chi connectivity index (χ1v) is 7.42. The molecule has 98 valence electrons. The van der Waals surface area contributed by atoms with E-state index in [0.717, 1.165) is 6.42 Å². The highest BCUT2D eigenvalue weighted by Gasteiger charge is 2.40. The van der Waals surface area contributed by atoms with E-state index in [1.807, 2.05) is 6.92 Å². The van der Waals surface area contributed by atoms with Crippen molar-refractivity contribution in [2.75, 3.05) is 39.6 Å². The van der Waals surface area contributed by atoms with E-state index in [-0.39, 0.29) is 39.6 Å². The molecule has 7 heteroatoms. The smallest absolute Gasteiger partial charge is 0.394 e. The van der Waals surface area contributed by atoms with Crippen molar-refractivity contribution in [2.45, 2.75) is 19.4 Å². The van der Waals surface area contributed by atoms with Gasteiger partial charge in [-0.2, -0.15) is 0 Å². The van der Waals surface area contributed by atoms with E-state index >= 15 is 0 Å². The molecule has 0 radical (unpaired) electrons. The van der Waals surface area contributed by atoms with Gasteiger partial charge in [0.05, 0.1) is 39.6 Å². The van der Waals surface area contributed by atoms with Crippen LogP contribution in [0.5, 0.6) is 0 Å². The Kier molecular flexibility index (Phi) is 10.1. The Labute approximate surface area is 97.1 Å². The molecule has 0 aliphatic rings. The van der Waals surface area contributed by atoms with Crippen LogP contribution in [-0.2, 0) is 13.3 Å². The monoisotopic (exact) mass is 254 g/mol. The third kappa shape index (κ3) is 6.54. The van der Waals surface area contributed by atoms with E-state index in [0.29, 0.717) is 6.04 Å². The molecule has 0 aromatic carbocycles. The van der Waals surface area contributed by atoms with Crippen LogP contribution in [0.25, 0.3) is 0 Å². The molecule has 0 rings (SSSR count). The zero-order valence-corrected chi connectivity index (χ0v) is 10.7. The topological polar surface area (TPSA) is 88.4 Å². The molecule has 0 aromatic rings. The Bertz CT molecular complexity index is 135. The van der Waals surface area contributed by atoms with Gasteiger partial charge < -0.3 is 28.6 Å². The van der Waals surface area contributed by atoms with Crippen LogP contribution in [0.2, 0.25) is 6.04 Å². The summed E-state index contributed by atoms with van der Waals surface area (Å²) in [4.78, 5) is 0. The molecule has 0 spiro atoms. The highest BCUT2D eigenvalue weighted by Crippen LogP contribution is 2.17. The van der Waals surface area contributed by atoms with Crippen LogP contribution in [0, 0.1) is 0 Å². The Morgan fingerprint density at radius 2 is 1.19 bits per heavy atom. The zero-order chi connectivity index (χ0) is 12.3. The van der Waals surface area contributed by atoms with Gasteiger partial charge in [-0.1, -0.05) is 13.3 Å². The van der Waals surface area contributed by atoms with E-state index in [4.69, 9.17) is 28.6 Å². The number of hydrogen-bond acceptors (Lipinski definition) is 6. The number of hydrogen-bond donors (Lipinski definition) is 3. The molecule has 0 aromatic heterocycles. The fourth-order valence-electron chi connectivity index (χ4n) is 1.25. The minimum absolute atomic E-state index is 0.108. The van der Waals surface area contributed by atoms with Gasteiger partial charge >= 0.3 is 8.80 Å². The lowest BCUT2D eigenvalue weighted by molar-refractivity contribution is 0.0278. The van der Waals surface area contributed by atoms with Crippen LogP contribution in [0.1, 0.15) is 13.3 Å². The van der Waals surface area contributed by atoms with Crippen molar-refractivity contribution in [2.24, 2.45) is 0 Å². The molecule has 16 heavy (non-hydrogen) atoms. The standard InChI is InChI=1S/C9H22O6Si/c1-2-9-16(13-6-3-10,14-7-4-11)15-8-5-12/h10-12H,2-9H2,1H3. The lowest BCUT2D eigenvalue weighted by atomic mass is 10.6. The normalized spacial score (nSPS) is 12.0. The molecule has 0 atom stereocenters. The quantitative estimate of drug-likeness (QED) is 0.425. The summed E-state index contributed by atoms with van der Waals surface area (Å²) in [6.45, 7) is 2.07. The van der Waals surface area contributed by atoms with Crippen LogP contribution in [0.4, 0.5) is 0 Å². The van der Waals surface area contributed by atoms with Gasteiger partial charge in [0.15, 0.2) is 0 Å². The number of aliphatic hydroxyl groups excluding tert-OH is 3. The van der Waals surface area contributed by atoms with Gasteiger partial charge in [0.2, 0.25) is 0 Å². The lowest BCUT2D eigenvalue weighted by Gasteiger charge is -2.28. The van der Waals surface area contributed by atoms with Gasteiger partial charge in [-0.05, 0) is 0 Å². The first-order chi connectivity index (χ1) is 7.74. The molecule has 0 heterocycles. The maximum Gasteiger partial charge on any atom is 0.501 e. The van der Waals surface area contributed by atoms with Crippen LogP contribution in [-0.4, -0.2) is 63.8 Å². The molecule has 0 saturated heterocycles. The van der Waals surface area contributed by atoms with Gasteiger partial charge in [0.1, 0.15) is 0 Å². The minimum atomic E-state index is -2.84. The first kappa shape index (κ1) is 16.0. The summed E-state index contributed by atoms with van der Waals surface area (Å²) < 4.78 is 16.3. The molecule has 0 unspecified atom stereocenters. The Hall–Kier alpha value is -0.0231. The Balaban J connectivity index is 4.32. The Morgan fingerprint density at radius 1 is 0.812 bits per heavy atom. The molecular weight excluding hydrogens is 232 g/mol. The minimum Gasteiger partial charge on any atom is -0.394 e. The van der Waals surface area contributed by atoms with E-state index < -0.39 is 8.80 Å². The average Bonchev–Trinajstić information content (AvgIpc) is 2.31. The molecule has 0 fully saturated rings. The summed E-state index contributed by atoms with van der Waals surface area (Å²) in [5.41, 5.74) is 0. The van der Waals surface area contributed by atoms with E-state index in [2.05, 4.69) is 0 Å². The number of rotatable bonds is 11. The number of aliphatic hydroxyl groups is 3. The van der Waals surface area contributed by atoms with Crippen molar-refractivity contribution in [3.8, 4) is 0 Å². The summed E-state index contributed by atoms with van der Waals surface area (Å²) in [6.07, 6.45) is 0.814. The van der Waals surface area contributed by atoms with Crippen molar-refractivity contribution in [1.82, 2.24) is 0 Å². The van der Waals surface area contributed by atoms with Crippen molar-refractivity contribution >= 4 is 8.80 Å². The Morgan fingerprint density at radius 3 is 1.44 bits per heavy atom. The summed E-state index contributed by atoms with van der Waals surface area (Å²) in [5.74, 6) is 0. The summed E-state index contributed by atoms with van der Waals surface area (Å²) in [7, 11) is -2.84. The van der Waals surface area contributed by atoms with Gasteiger partial charge in [0.25, 0.3) is 0 Å². The average molecular weight is 254 g/mol. The highest BCUT2D eigenvalue weighted by atomic mass is 28.4. The molecule has 0 amide bonds. The highest BCUT2D eigenvalue weighted by molar-refractivity contribution is 6.60. The van der Waals surface area contributed by atoms with E-state index in [9.17, 15) is 0 Å². The molecule has 0 saturated carbocycles. The second-order valence-electron chi connectivity index (χ2n) is 3.15. The first-order valence-electron chi connectivity index (χ1n) is 5.49. The van der Waals surface area contributed by atoms with Crippen molar-refractivity contribution in [3.63, 3.8) is 0 Å². The third-order valence-electron chi connectivity index (χ3n) is 1.80. The van der Waals surface area contributed by atoms with Crippen LogP contribution < -0.4 is 0 Å².